The Hall–Kier alpha value is -3.12. The molecular weight excluding hydrogens is 526 g/mol. The third kappa shape index (κ3) is 8.96. The van der Waals surface area contributed by atoms with E-state index in [9.17, 15) is 15.0 Å². The van der Waals surface area contributed by atoms with Crippen molar-refractivity contribution in [1.29, 1.82) is 0 Å². The number of carboxylic acids is 1. The zero-order valence-corrected chi connectivity index (χ0v) is 23.9. The van der Waals surface area contributed by atoms with E-state index in [1.165, 1.54) is 11.1 Å². The van der Waals surface area contributed by atoms with Gasteiger partial charge in [-0.1, -0.05) is 78.3 Å². The second kappa shape index (κ2) is 13.3. The fourth-order valence-corrected chi connectivity index (χ4v) is 5.97. The van der Waals surface area contributed by atoms with Crippen molar-refractivity contribution in [3.8, 4) is 0 Å². The molecule has 1 heterocycles. The van der Waals surface area contributed by atoms with Crippen LogP contribution in [0.15, 0.2) is 78.9 Å². The van der Waals surface area contributed by atoms with Crippen molar-refractivity contribution in [2.75, 3.05) is 5.75 Å². The summed E-state index contributed by atoms with van der Waals surface area (Å²) in [7, 11) is 0. The molecule has 1 unspecified atom stereocenters. The molecule has 0 aliphatic rings. The van der Waals surface area contributed by atoms with E-state index in [1.807, 2.05) is 62.4 Å². The van der Waals surface area contributed by atoms with Crippen molar-refractivity contribution in [3.63, 3.8) is 0 Å². The summed E-state index contributed by atoms with van der Waals surface area (Å²) in [4.78, 5) is 15.9. The summed E-state index contributed by atoms with van der Waals surface area (Å²) in [6.45, 7) is 3.66. The van der Waals surface area contributed by atoms with E-state index in [-0.39, 0.29) is 11.7 Å². The number of aryl methyl sites for hydroxylation is 1. The van der Waals surface area contributed by atoms with Crippen LogP contribution >= 0.6 is 23.4 Å². The van der Waals surface area contributed by atoms with Crippen LogP contribution in [-0.2, 0) is 17.6 Å². The second-order valence-electron chi connectivity index (χ2n) is 10.4. The maximum absolute atomic E-state index is 11.2. The minimum absolute atomic E-state index is 0.133. The highest BCUT2D eigenvalue weighted by molar-refractivity contribution is 7.99. The predicted octanol–water partition coefficient (Wildman–Crippen LogP) is 8.25. The van der Waals surface area contributed by atoms with Crippen molar-refractivity contribution in [2.45, 2.75) is 50.4 Å². The number of nitrogens with zero attached hydrogens (tertiary/aromatic N) is 1. The molecule has 0 saturated carbocycles. The molecule has 0 aliphatic carbocycles. The van der Waals surface area contributed by atoms with E-state index < -0.39 is 11.6 Å². The normalized spacial score (nSPS) is 12.7. The molecule has 0 radical (unpaired) electrons. The van der Waals surface area contributed by atoms with Gasteiger partial charge in [0.2, 0.25) is 0 Å². The molecule has 0 amide bonds. The fraction of sp³-hybridized carbons (Fsp3) is 0.273. The molecule has 0 fully saturated rings. The minimum Gasteiger partial charge on any atom is -0.481 e. The molecular formula is C33H34ClNO3S. The van der Waals surface area contributed by atoms with E-state index in [0.717, 1.165) is 40.6 Å². The second-order valence-corrected chi connectivity index (χ2v) is 12.1. The van der Waals surface area contributed by atoms with Gasteiger partial charge >= 0.3 is 5.97 Å². The lowest BCUT2D eigenvalue weighted by molar-refractivity contribution is -0.136. The van der Waals surface area contributed by atoms with Gasteiger partial charge in [0, 0.05) is 27.8 Å². The van der Waals surface area contributed by atoms with Crippen LogP contribution in [0.2, 0.25) is 5.02 Å². The van der Waals surface area contributed by atoms with Crippen LogP contribution in [0, 0.1) is 0 Å². The lowest BCUT2D eigenvalue weighted by atomic mass is 9.92. The first-order valence-electron chi connectivity index (χ1n) is 13.1. The topological polar surface area (TPSA) is 70.4 Å². The number of fused-ring (bicyclic) bond motifs is 1. The van der Waals surface area contributed by atoms with Crippen LogP contribution in [0.4, 0.5) is 0 Å². The van der Waals surface area contributed by atoms with Crippen LogP contribution in [-0.4, -0.2) is 32.5 Å². The molecule has 6 heteroatoms. The van der Waals surface area contributed by atoms with Gasteiger partial charge in [0.1, 0.15) is 0 Å². The number of carbonyl (C=O) groups is 1. The lowest BCUT2D eigenvalue weighted by Gasteiger charge is -2.21. The first-order valence-corrected chi connectivity index (χ1v) is 14.6. The van der Waals surface area contributed by atoms with Crippen molar-refractivity contribution in [3.05, 3.63) is 112 Å². The molecule has 2 N–H and O–H groups in total. The quantitative estimate of drug-likeness (QED) is 0.183. The smallest absolute Gasteiger partial charge is 0.304 e. The molecule has 202 valence electrons. The molecule has 1 atom stereocenters. The molecule has 0 bridgehead atoms. The van der Waals surface area contributed by atoms with Gasteiger partial charge in [-0.25, -0.2) is 4.98 Å². The molecule has 4 nitrogen and oxygen atoms in total. The molecule has 0 saturated heterocycles. The number of aromatic nitrogens is 1. The summed E-state index contributed by atoms with van der Waals surface area (Å²) in [5, 5.41) is 21.4. The first-order chi connectivity index (χ1) is 18.7. The summed E-state index contributed by atoms with van der Waals surface area (Å²) in [6, 6.07) is 26.4. The number of benzene rings is 3. The van der Waals surface area contributed by atoms with Gasteiger partial charge in [-0.2, -0.15) is 11.8 Å². The fourth-order valence-electron chi connectivity index (χ4n) is 4.60. The molecule has 1 aromatic heterocycles. The zero-order chi connectivity index (χ0) is 27.8. The first kappa shape index (κ1) is 28.9. The molecule has 3 aromatic carbocycles. The summed E-state index contributed by atoms with van der Waals surface area (Å²) < 4.78 is 0. The number of aliphatic hydroxyl groups is 1. The molecule has 0 aliphatic heterocycles. The molecule has 4 aromatic rings. The summed E-state index contributed by atoms with van der Waals surface area (Å²) in [5.74, 6) is -0.229. The van der Waals surface area contributed by atoms with Gasteiger partial charge < -0.3 is 10.2 Å². The predicted molar refractivity (Wildman–Crippen MR) is 164 cm³/mol. The van der Waals surface area contributed by atoms with Crippen LogP contribution in [0.25, 0.3) is 23.1 Å². The standard InChI is InChI=1S/C33H34ClNO3S/c1-33(2,38)22-27-8-4-3-7-24(27)13-17-31(39-19-18-32(36)37)26-9-5-6-23(20-26)10-15-29-16-12-25-11-14-28(34)21-30(25)35-29/h3-12,14-16,20-21,31,38H,13,17-19,22H2,1-2H3,(H,36,37)/b15-10+. The zero-order valence-electron chi connectivity index (χ0n) is 22.3. The van der Waals surface area contributed by atoms with Gasteiger partial charge in [-0.15, -0.1) is 0 Å². The van der Waals surface area contributed by atoms with Crippen LogP contribution in [0.3, 0.4) is 0 Å². The monoisotopic (exact) mass is 559 g/mol. The Kier molecular flexibility index (Phi) is 9.84. The van der Waals surface area contributed by atoms with Crippen molar-refractivity contribution >= 4 is 52.4 Å². The van der Waals surface area contributed by atoms with Gasteiger partial charge in [0.25, 0.3) is 0 Å². The van der Waals surface area contributed by atoms with Crippen LogP contribution in [0.5, 0.6) is 0 Å². The number of hydrogen-bond donors (Lipinski definition) is 2. The minimum atomic E-state index is -0.780. The largest absolute Gasteiger partial charge is 0.481 e. The van der Waals surface area contributed by atoms with Crippen LogP contribution < -0.4 is 0 Å². The number of hydrogen-bond acceptors (Lipinski definition) is 4. The highest BCUT2D eigenvalue weighted by Crippen LogP contribution is 2.35. The van der Waals surface area contributed by atoms with Crippen molar-refractivity contribution < 1.29 is 15.0 Å². The van der Waals surface area contributed by atoms with Gasteiger partial charge in [-0.3, -0.25) is 4.79 Å². The average Bonchev–Trinajstić information content (AvgIpc) is 2.89. The third-order valence-electron chi connectivity index (χ3n) is 6.46. The number of carboxylic acid groups (broad SMARTS) is 1. The maximum Gasteiger partial charge on any atom is 0.304 e. The highest BCUT2D eigenvalue weighted by Gasteiger charge is 2.18. The molecule has 39 heavy (non-hydrogen) atoms. The average molecular weight is 560 g/mol. The number of rotatable bonds is 12. The van der Waals surface area contributed by atoms with E-state index in [0.29, 0.717) is 17.2 Å². The van der Waals surface area contributed by atoms with Gasteiger partial charge in [0.15, 0.2) is 0 Å². The number of aliphatic carboxylic acids is 1. The van der Waals surface area contributed by atoms with Crippen molar-refractivity contribution in [1.82, 2.24) is 4.98 Å². The molecule has 0 spiro atoms. The Morgan fingerprint density at radius 3 is 2.54 bits per heavy atom. The Labute approximate surface area is 239 Å². The van der Waals surface area contributed by atoms with Crippen LogP contribution in [0.1, 0.15) is 59.9 Å². The van der Waals surface area contributed by atoms with Gasteiger partial charge in [0.05, 0.1) is 23.2 Å². The Bertz CT molecular complexity index is 1460. The lowest BCUT2D eigenvalue weighted by Crippen LogP contribution is -2.22. The number of thioether (sulfide) groups is 1. The molecule has 4 rings (SSSR count). The number of halogens is 1. The SMILES string of the molecule is CC(C)(O)Cc1ccccc1CCC(SCCC(=O)O)c1cccc(/C=C/c2ccc3ccc(Cl)cc3n2)c1. The van der Waals surface area contributed by atoms with Gasteiger partial charge in [-0.05, 0) is 73.2 Å². The van der Waals surface area contributed by atoms with Crippen molar-refractivity contribution in [2.24, 2.45) is 0 Å². The Morgan fingerprint density at radius 1 is 1.00 bits per heavy atom. The third-order valence-corrected chi connectivity index (χ3v) is 8.04. The van der Waals surface area contributed by atoms with E-state index >= 15 is 0 Å². The highest BCUT2D eigenvalue weighted by atomic mass is 35.5. The van der Waals surface area contributed by atoms with E-state index in [1.54, 1.807) is 11.8 Å². The summed E-state index contributed by atoms with van der Waals surface area (Å²) >= 11 is 7.83. The van der Waals surface area contributed by atoms with E-state index in [4.69, 9.17) is 16.6 Å². The Balaban J connectivity index is 1.53. The summed E-state index contributed by atoms with van der Waals surface area (Å²) in [6.07, 6.45) is 6.50. The summed E-state index contributed by atoms with van der Waals surface area (Å²) in [5.41, 5.74) is 5.54. The number of pyridine rings is 1. The maximum atomic E-state index is 11.2. The van der Waals surface area contributed by atoms with E-state index in [2.05, 4.69) is 42.5 Å². The Morgan fingerprint density at radius 2 is 1.77 bits per heavy atom.